The van der Waals surface area contributed by atoms with E-state index in [9.17, 15) is 19.8 Å². The zero-order valence-electron chi connectivity index (χ0n) is 13.4. The number of aromatic hydroxyl groups is 2. The molecular formula is C17H18O6. The third-order valence-corrected chi connectivity index (χ3v) is 4.48. The molecule has 0 radical (unpaired) electrons. The third kappa shape index (κ3) is 1.98. The number of phenolic OH excluding ortho intramolecular Hbond substituents is 2. The molecule has 2 N–H and O–H groups in total. The van der Waals surface area contributed by atoms with E-state index >= 15 is 0 Å². The van der Waals surface area contributed by atoms with Gasteiger partial charge in [0.1, 0.15) is 0 Å². The second kappa shape index (κ2) is 5.09. The van der Waals surface area contributed by atoms with E-state index in [4.69, 9.17) is 9.47 Å². The van der Waals surface area contributed by atoms with Crippen molar-refractivity contribution in [3.63, 3.8) is 0 Å². The lowest BCUT2D eigenvalue weighted by atomic mass is 9.76. The van der Waals surface area contributed by atoms with Gasteiger partial charge < -0.3 is 19.7 Å². The molecule has 1 aliphatic carbocycles. The van der Waals surface area contributed by atoms with Crippen LogP contribution in [0.2, 0.25) is 0 Å². The SMILES string of the molecule is COc1c(O)c(C)c2c(c1O)C(=O)C1=C(C[C@H](C)O[C@@H]1C)C2=O. The average Bonchev–Trinajstić information content (AvgIpc) is 2.48. The summed E-state index contributed by atoms with van der Waals surface area (Å²) in [7, 11) is 1.27. The van der Waals surface area contributed by atoms with Crippen LogP contribution >= 0.6 is 0 Å². The van der Waals surface area contributed by atoms with Crippen molar-refractivity contribution >= 4 is 11.6 Å². The Hall–Kier alpha value is -2.34. The summed E-state index contributed by atoms with van der Waals surface area (Å²) < 4.78 is 10.6. The summed E-state index contributed by atoms with van der Waals surface area (Å²) >= 11 is 0. The Bertz CT molecular complexity index is 774. The van der Waals surface area contributed by atoms with Crippen LogP contribution in [0, 0.1) is 6.92 Å². The van der Waals surface area contributed by atoms with Crippen LogP contribution < -0.4 is 4.74 Å². The molecule has 0 bridgehead atoms. The minimum absolute atomic E-state index is 0.0471. The van der Waals surface area contributed by atoms with Gasteiger partial charge in [-0.2, -0.15) is 0 Å². The topological polar surface area (TPSA) is 93.1 Å². The van der Waals surface area contributed by atoms with Crippen LogP contribution in [0.5, 0.6) is 17.2 Å². The molecule has 122 valence electrons. The Labute approximate surface area is 133 Å². The van der Waals surface area contributed by atoms with Gasteiger partial charge in [0.05, 0.1) is 24.9 Å². The number of methoxy groups -OCH3 is 1. The highest BCUT2D eigenvalue weighted by Crippen LogP contribution is 2.48. The molecule has 2 atom stereocenters. The molecule has 6 nitrogen and oxygen atoms in total. The highest BCUT2D eigenvalue weighted by molar-refractivity contribution is 6.29. The van der Waals surface area contributed by atoms with Gasteiger partial charge in [0.15, 0.2) is 23.1 Å². The number of Topliss-reactive ketones (excluding diaryl/α,β-unsaturated/α-hetero) is 2. The number of carbonyl (C=O) groups excluding carboxylic acids is 2. The van der Waals surface area contributed by atoms with Crippen molar-refractivity contribution in [2.45, 2.75) is 39.4 Å². The zero-order chi connectivity index (χ0) is 17.0. The Balaban J connectivity index is 2.34. The molecule has 6 heteroatoms. The monoisotopic (exact) mass is 318 g/mol. The number of carbonyl (C=O) groups is 2. The molecular weight excluding hydrogens is 300 g/mol. The smallest absolute Gasteiger partial charge is 0.203 e. The number of rotatable bonds is 1. The molecule has 1 heterocycles. The van der Waals surface area contributed by atoms with Gasteiger partial charge in [0.2, 0.25) is 5.75 Å². The van der Waals surface area contributed by atoms with Gasteiger partial charge in [-0.25, -0.2) is 0 Å². The minimum Gasteiger partial charge on any atom is -0.504 e. The maximum absolute atomic E-state index is 12.9. The summed E-state index contributed by atoms with van der Waals surface area (Å²) in [5.74, 6) is -1.84. The van der Waals surface area contributed by atoms with Crippen molar-refractivity contribution in [2.24, 2.45) is 0 Å². The number of fused-ring (bicyclic) bond motifs is 1. The Morgan fingerprint density at radius 3 is 2.35 bits per heavy atom. The van der Waals surface area contributed by atoms with Crippen molar-refractivity contribution in [2.75, 3.05) is 7.11 Å². The molecule has 0 saturated carbocycles. The molecule has 3 rings (SSSR count). The predicted octanol–water partition coefficient (Wildman–Crippen LogP) is 2.29. The van der Waals surface area contributed by atoms with E-state index in [1.165, 1.54) is 14.0 Å². The van der Waals surface area contributed by atoms with E-state index in [1.807, 2.05) is 6.92 Å². The molecule has 0 aromatic heterocycles. The number of benzene rings is 1. The lowest BCUT2D eigenvalue weighted by Gasteiger charge is -2.33. The molecule has 0 fully saturated rings. The van der Waals surface area contributed by atoms with Crippen LogP contribution in [0.4, 0.5) is 0 Å². The summed E-state index contributed by atoms with van der Waals surface area (Å²) in [6.45, 7) is 5.07. The van der Waals surface area contributed by atoms with Crippen LogP contribution in [0.25, 0.3) is 0 Å². The fourth-order valence-electron chi connectivity index (χ4n) is 3.45. The fourth-order valence-corrected chi connectivity index (χ4v) is 3.45. The third-order valence-electron chi connectivity index (χ3n) is 4.48. The fraction of sp³-hybridized carbons (Fsp3) is 0.412. The van der Waals surface area contributed by atoms with Crippen LogP contribution in [-0.2, 0) is 4.74 Å². The summed E-state index contributed by atoms with van der Waals surface area (Å²) in [6, 6.07) is 0. The van der Waals surface area contributed by atoms with Gasteiger partial charge in [-0.1, -0.05) is 0 Å². The lowest BCUT2D eigenvalue weighted by molar-refractivity contribution is 0.0148. The van der Waals surface area contributed by atoms with Crippen LogP contribution in [-0.4, -0.2) is 41.1 Å². The van der Waals surface area contributed by atoms with Crippen molar-refractivity contribution in [3.8, 4) is 17.2 Å². The van der Waals surface area contributed by atoms with E-state index in [2.05, 4.69) is 0 Å². The summed E-state index contributed by atoms with van der Waals surface area (Å²) in [5, 5.41) is 20.5. The van der Waals surface area contributed by atoms with Gasteiger partial charge in [0, 0.05) is 28.7 Å². The summed E-state index contributed by atoms with van der Waals surface area (Å²) in [6.07, 6.45) is -0.378. The first kappa shape index (κ1) is 15.6. The number of phenols is 2. The second-order valence-corrected chi connectivity index (χ2v) is 5.95. The number of hydrogen-bond donors (Lipinski definition) is 2. The molecule has 2 aliphatic rings. The first-order valence-corrected chi connectivity index (χ1v) is 7.39. The molecule has 23 heavy (non-hydrogen) atoms. The predicted molar refractivity (Wildman–Crippen MR) is 81.4 cm³/mol. The summed E-state index contributed by atoms with van der Waals surface area (Å²) in [4.78, 5) is 25.8. The number of ether oxygens (including phenoxy) is 2. The first-order chi connectivity index (χ1) is 10.8. The van der Waals surface area contributed by atoms with Crippen LogP contribution in [0.1, 0.15) is 46.5 Å². The van der Waals surface area contributed by atoms with Crippen LogP contribution in [0.15, 0.2) is 11.1 Å². The first-order valence-electron chi connectivity index (χ1n) is 7.39. The molecule has 1 aromatic carbocycles. The van der Waals surface area contributed by atoms with E-state index in [1.54, 1.807) is 6.92 Å². The Morgan fingerprint density at radius 2 is 1.74 bits per heavy atom. The quantitative estimate of drug-likeness (QED) is 0.825. The van der Waals surface area contributed by atoms with Crippen molar-refractivity contribution in [1.29, 1.82) is 0 Å². The van der Waals surface area contributed by atoms with Crippen LogP contribution in [0.3, 0.4) is 0 Å². The highest BCUT2D eigenvalue weighted by atomic mass is 16.5. The maximum atomic E-state index is 12.9. The van der Waals surface area contributed by atoms with Gasteiger partial charge in [-0.05, 0) is 20.8 Å². The number of hydrogen-bond acceptors (Lipinski definition) is 6. The standard InChI is InChI=1S/C17H18O6/c1-6-5-9-11(8(3)23-6)15(20)12-10(14(9)19)7(2)13(18)17(22-4)16(12)21/h6,8,18,21H,5H2,1-4H3/t6-,8+/m0/s1. The Kier molecular flexibility index (Phi) is 3.44. The van der Waals surface area contributed by atoms with Gasteiger partial charge in [0.25, 0.3) is 0 Å². The molecule has 1 aromatic rings. The maximum Gasteiger partial charge on any atom is 0.203 e. The van der Waals surface area contributed by atoms with E-state index in [0.29, 0.717) is 12.0 Å². The number of ketones is 2. The summed E-state index contributed by atoms with van der Waals surface area (Å²) in [5.41, 5.74) is 0.840. The minimum atomic E-state index is -0.530. The average molecular weight is 318 g/mol. The van der Waals surface area contributed by atoms with Gasteiger partial charge in [-0.15, -0.1) is 0 Å². The van der Waals surface area contributed by atoms with E-state index in [0.717, 1.165) is 0 Å². The van der Waals surface area contributed by atoms with Crippen molar-refractivity contribution in [3.05, 3.63) is 27.8 Å². The van der Waals surface area contributed by atoms with Gasteiger partial charge in [-0.3, -0.25) is 9.59 Å². The molecule has 0 spiro atoms. The van der Waals surface area contributed by atoms with Crippen molar-refractivity contribution < 1.29 is 29.3 Å². The van der Waals surface area contributed by atoms with Gasteiger partial charge >= 0.3 is 0 Å². The molecule has 1 aliphatic heterocycles. The normalized spacial score (nSPS) is 23.7. The molecule has 0 unspecified atom stereocenters. The molecule has 0 saturated heterocycles. The van der Waals surface area contributed by atoms with E-state index in [-0.39, 0.29) is 45.6 Å². The Morgan fingerprint density at radius 1 is 1.09 bits per heavy atom. The largest absolute Gasteiger partial charge is 0.504 e. The second-order valence-electron chi connectivity index (χ2n) is 5.95. The lowest BCUT2D eigenvalue weighted by Crippen LogP contribution is -2.36. The van der Waals surface area contributed by atoms with Crippen molar-refractivity contribution in [1.82, 2.24) is 0 Å². The zero-order valence-corrected chi connectivity index (χ0v) is 13.4. The highest BCUT2D eigenvalue weighted by Gasteiger charge is 2.42. The van der Waals surface area contributed by atoms with E-state index < -0.39 is 17.6 Å². The molecule has 0 amide bonds.